The number of carbonyl (C=O) groups is 3. The average Bonchev–Trinajstić information content (AvgIpc) is 2.60. The molecule has 0 fully saturated rings. The van der Waals surface area contributed by atoms with Gasteiger partial charge in [-0.15, -0.1) is 0 Å². The van der Waals surface area contributed by atoms with E-state index < -0.39 is 18.0 Å². The molecule has 0 bridgehead atoms. The van der Waals surface area contributed by atoms with Crippen molar-refractivity contribution in [3.05, 3.63) is 35.9 Å². The first-order chi connectivity index (χ1) is 12.0. The molecule has 0 spiro atoms. The fourth-order valence-electron chi connectivity index (χ4n) is 2.32. The van der Waals surface area contributed by atoms with Crippen molar-refractivity contribution in [3.63, 3.8) is 0 Å². The molecule has 6 heteroatoms. The maximum absolute atomic E-state index is 11.8. The van der Waals surface area contributed by atoms with Crippen molar-refractivity contribution < 1.29 is 24.2 Å². The van der Waals surface area contributed by atoms with Crippen LogP contribution in [0.15, 0.2) is 30.3 Å². The van der Waals surface area contributed by atoms with Crippen molar-refractivity contribution in [1.29, 1.82) is 0 Å². The molecule has 0 heterocycles. The van der Waals surface area contributed by atoms with Gasteiger partial charge in [-0.1, -0.05) is 62.9 Å². The quantitative estimate of drug-likeness (QED) is 0.447. The molecule has 25 heavy (non-hydrogen) atoms. The molecule has 6 nitrogen and oxygen atoms in total. The molecule has 1 unspecified atom stereocenters. The molecule has 0 radical (unpaired) electrons. The van der Waals surface area contributed by atoms with Gasteiger partial charge in [-0.05, 0) is 12.0 Å². The van der Waals surface area contributed by atoms with Crippen molar-refractivity contribution in [2.24, 2.45) is 0 Å². The van der Waals surface area contributed by atoms with Crippen molar-refractivity contribution in [3.8, 4) is 0 Å². The minimum atomic E-state index is -1.26. The minimum absolute atomic E-state index is 0.0807. The van der Waals surface area contributed by atoms with Crippen LogP contribution in [0.5, 0.6) is 0 Å². The number of esters is 1. The first-order valence-corrected chi connectivity index (χ1v) is 8.74. The van der Waals surface area contributed by atoms with Crippen LogP contribution in [-0.4, -0.2) is 29.0 Å². The number of rotatable bonds is 12. The average molecular weight is 349 g/mol. The van der Waals surface area contributed by atoms with E-state index in [1.54, 1.807) is 0 Å². The zero-order valence-electron chi connectivity index (χ0n) is 14.7. The molecule has 0 saturated carbocycles. The zero-order chi connectivity index (χ0) is 18.5. The normalized spacial score (nSPS) is 11.6. The Morgan fingerprint density at radius 1 is 1.08 bits per heavy atom. The number of hydrogen-bond donors (Lipinski definition) is 2. The molecule has 0 aliphatic carbocycles. The summed E-state index contributed by atoms with van der Waals surface area (Å²) >= 11 is 0. The molecule has 0 aromatic heterocycles. The van der Waals surface area contributed by atoms with Gasteiger partial charge in [0.25, 0.3) is 0 Å². The van der Waals surface area contributed by atoms with Gasteiger partial charge in [-0.25, -0.2) is 4.79 Å². The SMILES string of the molecule is CCCCCCCC(=O)NC(CC(=O)OCc1ccccc1)C(=O)O. The first kappa shape index (κ1) is 20.7. The Morgan fingerprint density at radius 3 is 2.40 bits per heavy atom. The lowest BCUT2D eigenvalue weighted by Crippen LogP contribution is -2.42. The molecule has 1 rings (SSSR count). The van der Waals surface area contributed by atoms with E-state index in [1.165, 1.54) is 0 Å². The Labute approximate surface area is 148 Å². The maximum Gasteiger partial charge on any atom is 0.326 e. The van der Waals surface area contributed by atoms with Crippen molar-refractivity contribution in [1.82, 2.24) is 5.32 Å². The van der Waals surface area contributed by atoms with Gasteiger partial charge in [-0.2, -0.15) is 0 Å². The summed E-state index contributed by atoms with van der Waals surface area (Å²) in [6.07, 6.45) is 4.87. The molecule has 0 saturated heterocycles. The van der Waals surface area contributed by atoms with Crippen molar-refractivity contribution in [2.45, 2.75) is 64.5 Å². The number of hydrogen-bond acceptors (Lipinski definition) is 4. The molecular formula is C19H27NO5. The summed E-state index contributed by atoms with van der Waals surface area (Å²) < 4.78 is 5.06. The smallest absolute Gasteiger partial charge is 0.326 e. The number of amides is 1. The van der Waals surface area contributed by atoms with E-state index in [1.807, 2.05) is 30.3 Å². The Hall–Kier alpha value is -2.37. The van der Waals surface area contributed by atoms with E-state index in [0.717, 1.165) is 37.7 Å². The van der Waals surface area contributed by atoms with E-state index in [4.69, 9.17) is 4.74 Å². The highest BCUT2D eigenvalue weighted by atomic mass is 16.5. The molecular weight excluding hydrogens is 322 g/mol. The lowest BCUT2D eigenvalue weighted by Gasteiger charge is -2.14. The van der Waals surface area contributed by atoms with Gasteiger partial charge in [0.15, 0.2) is 0 Å². The fourth-order valence-corrected chi connectivity index (χ4v) is 2.32. The largest absolute Gasteiger partial charge is 0.480 e. The van der Waals surface area contributed by atoms with Gasteiger partial charge in [0.05, 0.1) is 6.42 Å². The van der Waals surface area contributed by atoms with Crippen LogP contribution in [0.1, 0.15) is 57.4 Å². The number of aliphatic carboxylic acids is 1. The third kappa shape index (κ3) is 9.49. The second-order valence-corrected chi connectivity index (χ2v) is 5.97. The lowest BCUT2D eigenvalue weighted by atomic mass is 10.1. The molecule has 0 aliphatic heterocycles. The number of nitrogens with one attached hydrogen (secondary N) is 1. The maximum atomic E-state index is 11.8. The first-order valence-electron chi connectivity index (χ1n) is 8.74. The van der Waals surface area contributed by atoms with Crippen LogP contribution < -0.4 is 5.32 Å². The highest BCUT2D eigenvalue weighted by Crippen LogP contribution is 2.06. The summed E-state index contributed by atoms with van der Waals surface area (Å²) in [4.78, 5) is 34.9. The third-order valence-electron chi connectivity index (χ3n) is 3.75. The highest BCUT2D eigenvalue weighted by molar-refractivity contribution is 5.87. The number of carboxylic acid groups (broad SMARTS) is 1. The number of ether oxygens (including phenoxy) is 1. The van der Waals surface area contributed by atoms with Gasteiger partial charge in [0, 0.05) is 6.42 Å². The Balaban J connectivity index is 2.33. The monoisotopic (exact) mass is 349 g/mol. The fraction of sp³-hybridized carbons (Fsp3) is 0.526. The zero-order valence-corrected chi connectivity index (χ0v) is 14.7. The van der Waals surface area contributed by atoms with Crippen LogP contribution in [0.4, 0.5) is 0 Å². The van der Waals surface area contributed by atoms with Crippen molar-refractivity contribution in [2.75, 3.05) is 0 Å². The number of benzene rings is 1. The minimum Gasteiger partial charge on any atom is -0.480 e. The number of carboxylic acids is 1. The third-order valence-corrected chi connectivity index (χ3v) is 3.75. The molecule has 2 N–H and O–H groups in total. The Kier molecular flexibility index (Phi) is 9.97. The summed E-state index contributed by atoms with van der Waals surface area (Å²) in [7, 11) is 0. The van der Waals surface area contributed by atoms with Gasteiger partial charge < -0.3 is 15.2 Å². The van der Waals surface area contributed by atoms with Gasteiger partial charge in [0.1, 0.15) is 12.6 Å². The summed E-state index contributed by atoms with van der Waals surface area (Å²) in [5.41, 5.74) is 0.818. The summed E-state index contributed by atoms with van der Waals surface area (Å²) in [5.74, 6) is -2.24. The van der Waals surface area contributed by atoms with Gasteiger partial charge in [-0.3, -0.25) is 9.59 Å². The van der Waals surface area contributed by atoms with E-state index >= 15 is 0 Å². The van der Waals surface area contributed by atoms with Crippen molar-refractivity contribution >= 4 is 17.8 Å². The highest BCUT2D eigenvalue weighted by Gasteiger charge is 2.23. The molecule has 1 atom stereocenters. The van der Waals surface area contributed by atoms with Gasteiger partial charge in [0.2, 0.25) is 5.91 Å². The number of carbonyl (C=O) groups excluding carboxylic acids is 2. The van der Waals surface area contributed by atoms with E-state index in [-0.39, 0.29) is 25.4 Å². The number of unbranched alkanes of at least 4 members (excludes halogenated alkanes) is 4. The van der Waals surface area contributed by atoms with Crippen LogP contribution in [0.2, 0.25) is 0 Å². The topological polar surface area (TPSA) is 92.7 Å². The Bertz CT molecular complexity index is 544. The van der Waals surface area contributed by atoms with E-state index in [2.05, 4.69) is 12.2 Å². The van der Waals surface area contributed by atoms with Crippen LogP contribution in [0, 0.1) is 0 Å². The van der Waals surface area contributed by atoms with E-state index in [9.17, 15) is 19.5 Å². The summed E-state index contributed by atoms with van der Waals surface area (Å²) in [6, 6.07) is 7.86. The molecule has 1 amide bonds. The molecule has 0 aliphatic rings. The second kappa shape index (κ2) is 12.1. The van der Waals surface area contributed by atoms with E-state index in [0.29, 0.717) is 0 Å². The van der Waals surface area contributed by atoms with Crippen LogP contribution >= 0.6 is 0 Å². The second-order valence-electron chi connectivity index (χ2n) is 5.97. The molecule has 138 valence electrons. The predicted octanol–water partition coefficient (Wildman–Crippen LogP) is 3.05. The standard InChI is InChI=1S/C19H27NO5/c1-2-3-4-5-9-12-17(21)20-16(19(23)24)13-18(22)25-14-15-10-7-6-8-11-15/h6-8,10-11,16H,2-5,9,12-14H2,1H3,(H,20,21)(H,23,24). The predicted molar refractivity (Wildman–Crippen MR) is 93.8 cm³/mol. The summed E-state index contributed by atoms with van der Waals surface area (Å²) in [6.45, 7) is 2.19. The van der Waals surface area contributed by atoms with Crippen LogP contribution in [0.25, 0.3) is 0 Å². The van der Waals surface area contributed by atoms with Gasteiger partial charge >= 0.3 is 11.9 Å². The Morgan fingerprint density at radius 2 is 1.76 bits per heavy atom. The molecule has 1 aromatic carbocycles. The van der Waals surface area contributed by atoms with Crippen LogP contribution in [0.3, 0.4) is 0 Å². The summed E-state index contributed by atoms with van der Waals surface area (Å²) in [5, 5.41) is 11.6. The lowest BCUT2D eigenvalue weighted by molar-refractivity contribution is -0.151. The van der Waals surface area contributed by atoms with Crippen LogP contribution in [-0.2, 0) is 25.7 Å². The molecule has 1 aromatic rings.